The van der Waals surface area contributed by atoms with Crippen molar-refractivity contribution in [3.05, 3.63) is 54.1 Å². The molecule has 0 saturated carbocycles. The number of methoxy groups -OCH3 is 1. The fourth-order valence-corrected chi connectivity index (χ4v) is 2.58. The quantitative estimate of drug-likeness (QED) is 0.768. The van der Waals surface area contributed by atoms with Crippen molar-refractivity contribution >= 4 is 21.7 Å². The fraction of sp³-hybridized carbons (Fsp3) is 0.188. The highest BCUT2D eigenvalue weighted by Gasteiger charge is 2.12. The zero-order valence-electron chi connectivity index (χ0n) is 13.3. The Bertz CT molecular complexity index is 802. The monoisotopic (exact) mass is 349 g/mol. The van der Waals surface area contributed by atoms with Gasteiger partial charge in [0.05, 0.1) is 18.0 Å². The van der Waals surface area contributed by atoms with E-state index in [1.165, 1.54) is 12.1 Å². The maximum Gasteiger partial charge on any atom is 0.319 e. The predicted molar refractivity (Wildman–Crippen MR) is 91.4 cm³/mol. The maximum absolute atomic E-state index is 12.0. The number of nitrogens with one attached hydrogen (secondary N) is 2. The summed E-state index contributed by atoms with van der Waals surface area (Å²) in [6.07, 6.45) is 0. The summed E-state index contributed by atoms with van der Waals surface area (Å²) in [5.74, 6) is 0.698. The van der Waals surface area contributed by atoms with E-state index in [0.717, 1.165) is 5.56 Å². The first-order chi connectivity index (χ1) is 11.3. The molecule has 2 aromatic rings. The van der Waals surface area contributed by atoms with Crippen molar-refractivity contribution in [1.82, 2.24) is 5.32 Å². The van der Waals surface area contributed by atoms with Gasteiger partial charge < -0.3 is 15.4 Å². The van der Waals surface area contributed by atoms with Crippen LogP contribution in [0.25, 0.3) is 0 Å². The van der Waals surface area contributed by atoms with E-state index < -0.39 is 10.0 Å². The van der Waals surface area contributed by atoms with Crippen LogP contribution in [0.2, 0.25) is 0 Å². The molecule has 0 bridgehead atoms. The van der Waals surface area contributed by atoms with Crippen LogP contribution in [0.15, 0.2) is 53.4 Å². The molecule has 8 heteroatoms. The molecule has 24 heavy (non-hydrogen) atoms. The van der Waals surface area contributed by atoms with Gasteiger partial charge in [0.1, 0.15) is 5.75 Å². The van der Waals surface area contributed by atoms with Crippen LogP contribution in [0.1, 0.15) is 18.5 Å². The Morgan fingerprint density at radius 1 is 1.08 bits per heavy atom. The number of benzene rings is 2. The van der Waals surface area contributed by atoms with Gasteiger partial charge in [-0.3, -0.25) is 0 Å². The van der Waals surface area contributed by atoms with Gasteiger partial charge in [-0.1, -0.05) is 12.1 Å². The van der Waals surface area contributed by atoms with Crippen molar-refractivity contribution in [3.8, 4) is 5.75 Å². The molecular formula is C16H19N3O4S. The van der Waals surface area contributed by atoms with Crippen LogP contribution in [0.5, 0.6) is 5.75 Å². The lowest BCUT2D eigenvalue weighted by Gasteiger charge is -2.15. The topological polar surface area (TPSA) is 111 Å². The molecule has 0 aliphatic heterocycles. The van der Waals surface area contributed by atoms with Crippen molar-refractivity contribution in [2.45, 2.75) is 17.9 Å². The van der Waals surface area contributed by atoms with Gasteiger partial charge in [0, 0.05) is 5.69 Å². The molecule has 128 valence electrons. The highest BCUT2D eigenvalue weighted by atomic mass is 32.2. The first kappa shape index (κ1) is 17.8. The number of rotatable bonds is 5. The van der Waals surface area contributed by atoms with E-state index in [-0.39, 0.29) is 17.0 Å². The van der Waals surface area contributed by atoms with Gasteiger partial charge >= 0.3 is 6.03 Å². The molecule has 0 unspecified atom stereocenters. The number of amides is 2. The first-order valence-corrected chi connectivity index (χ1v) is 8.68. The Kier molecular flexibility index (Phi) is 5.42. The molecular weight excluding hydrogens is 330 g/mol. The van der Waals surface area contributed by atoms with Crippen LogP contribution in [-0.2, 0) is 10.0 Å². The van der Waals surface area contributed by atoms with Gasteiger partial charge in [0.25, 0.3) is 0 Å². The molecule has 0 spiro atoms. The second kappa shape index (κ2) is 7.33. The average molecular weight is 349 g/mol. The minimum atomic E-state index is -3.72. The molecule has 0 aliphatic rings. The van der Waals surface area contributed by atoms with Crippen LogP contribution in [0.3, 0.4) is 0 Å². The number of carbonyl (C=O) groups excluding carboxylic acids is 1. The van der Waals surface area contributed by atoms with Crippen molar-refractivity contribution < 1.29 is 17.9 Å². The zero-order chi connectivity index (χ0) is 17.7. The number of carbonyl (C=O) groups is 1. The summed E-state index contributed by atoms with van der Waals surface area (Å²) in [5.41, 5.74) is 1.39. The largest absolute Gasteiger partial charge is 0.497 e. The number of primary sulfonamides is 1. The minimum Gasteiger partial charge on any atom is -0.497 e. The van der Waals surface area contributed by atoms with E-state index in [1.807, 2.05) is 0 Å². The summed E-state index contributed by atoms with van der Waals surface area (Å²) < 4.78 is 27.5. The summed E-state index contributed by atoms with van der Waals surface area (Å²) in [4.78, 5) is 12.0. The van der Waals surface area contributed by atoms with Crippen LogP contribution in [-0.4, -0.2) is 21.6 Å². The zero-order valence-corrected chi connectivity index (χ0v) is 14.1. The standard InChI is InChI=1S/C16H19N3O4S/c1-11(12-3-9-15(10-4-12)24(17,21)22)18-16(20)19-13-5-7-14(23-2)8-6-13/h3-11H,1-2H3,(H2,17,21,22)(H2,18,19,20)/t11-/m0/s1. The van der Waals surface area contributed by atoms with Gasteiger partial charge in [-0.2, -0.15) is 0 Å². The molecule has 2 aromatic carbocycles. The van der Waals surface area contributed by atoms with Crippen molar-refractivity contribution in [2.24, 2.45) is 5.14 Å². The molecule has 0 heterocycles. The lowest BCUT2D eigenvalue weighted by molar-refractivity contribution is 0.249. The van der Waals surface area contributed by atoms with Crippen LogP contribution >= 0.6 is 0 Å². The molecule has 4 N–H and O–H groups in total. The van der Waals surface area contributed by atoms with Crippen LogP contribution < -0.4 is 20.5 Å². The fourth-order valence-electron chi connectivity index (χ4n) is 2.07. The summed E-state index contributed by atoms with van der Waals surface area (Å²) in [7, 11) is -2.16. The third-order valence-electron chi connectivity index (χ3n) is 3.40. The van der Waals surface area contributed by atoms with Crippen molar-refractivity contribution in [2.75, 3.05) is 12.4 Å². The van der Waals surface area contributed by atoms with E-state index in [9.17, 15) is 13.2 Å². The van der Waals surface area contributed by atoms with Crippen LogP contribution in [0, 0.1) is 0 Å². The number of nitrogens with two attached hydrogens (primary N) is 1. The minimum absolute atomic E-state index is 0.0288. The Morgan fingerprint density at radius 3 is 2.17 bits per heavy atom. The van der Waals surface area contributed by atoms with E-state index >= 15 is 0 Å². The first-order valence-electron chi connectivity index (χ1n) is 7.14. The third-order valence-corrected chi connectivity index (χ3v) is 4.33. The molecule has 0 aromatic heterocycles. The second-order valence-electron chi connectivity index (χ2n) is 5.16. The van der Waals surface area contributed by atoms with Crippen molar-refractivity contribution in [3.63, 3.8) is 0 Å². The Balaban J connectivity index is 1.97. The highest BCUT2D eigenvalue weighted by molar-refractivity contribution is 7.89. The maximum atomic E-state index is 12.0. The van der Waals surface area contributed by atoms with Crippen molar-refractivity contribution in [1.29, 1.82) is 0 Å². The van der Waals surface area contributed by atoms with E-state index in [2.05, 4.69) is 10.6 Å². The SMILES string of the molecule is COc1ccc(NC(=O)N[C@@H](C)c2ccc(S(N)(=O)=O)cc2)cc1. The van der Waals surface area contributed by atoms with Gasteiger partial charge in [0.2, 0.25) is 10.0 Å². The predicted octanol–water partition coefficient (Wildman–Crippen LogP) is 2.23. The van der Waals surface area contributed by atoms with E-state index in [4.69, 9.17) is 9.88 Å². The molecule has 1 atom stereocenters. The van der Waals surface area contributed by atoms with Gasteiger partial charge in [-0.25, -0.2) is 18.4 Å². The number of sulfonamides is 1. The number of hydrogen-bond acceptors (Lipinski definition) is 4. The normalized spacial score (nSPS) is 12.3. The highest BCUT2D eigenvalue weighted by Crippen LogP contribution is 2.17. The molecule has 2 amide bonds. The smallest absolute Gasteiger partial charge is 0.319 e. The van der Waals surface area contributed by atoms with Crippen LogP contribution in [0.4, 0.5) is 10.5 Å². The average Bonchev–Trinajstić information content (AvgIpc) is 2.54. The lowest BCUT2D eigenvalue weighted by atomic mass is 10.1. The number of hydrogen-bond donors (Lipinski definition) is 3. The van der Waals surface area contributed by atoms with Gasteiger partial charge in [-0.15, -0.1) is 0 Å². The number of ether oxygens (including phenoxy) is 1. The summed E-state index contributed by atoms with van der Waals surface area (Å²) in [5, 5.41) is 10.5. The molecule has 0 fully saturated rings. The molecule has 2 rings (SSSR count). The summed E-state index contributed by atoms with van der Waals surface area (Å²) in [6.45, 7) is 1.79. The van der Waals surface area contributed by atoms with Gasteiger partial charge in [0.15, 0.2) is 0 Å². The molecule has 0 radical (unpaired) electrons. The third kappa shape index (κ3) is 4.71. The number of urea groups is 1. The number of anilines is 1. The Labute approximate surface area is 140 Å². The molecule has 0 aliphatic carbocycles. The second-order valence-corrected chi connectivity index (χ2v) is 6.72. The Morgan fingerprint density at radius 2 is 1.67 bits per heavy atom. The molecule has 7 nitrogen and oxygen atoms in total. The summed E-state index contributed by atoms with van der Waals surface area (Å²) in [6, 6.07) is 12.3. The van der Waals surface area contributed by atoms with Gasteiger partial charge in [-0.05, 0) is 48.9 Å². The molecule has 0 saturated heterocycles. The van der Waals surface area contributed by atoms with E-state index in [1.54, 1.807) is 50.4 Å². The summed E-state index contributed by atoms with van der Waals surface area (Å²) >= 11 is 0. The Hall–Kier alpha value is -2.58. The lowest BCUT2D eigenvalue weighted by Crippen LogP contribution is -2.31. The van der Waals surface area contributed by atoms with E-state index in [0.29, 0.717) is 11.4 Å².